The van der Waals surface area contributed by atoms with E-state index in [1.54, 1.807) is 6.92 Å². The Hall–Kier alpha value is -2.77. The largest absolute Gasteiger partial charge is 0.573 e. The molecule has 120 valence electrons. The molecule has 23 heavy (non-hydrogen) atoms. The molecule has 0 fully saturated rings. The number of aromatic amines is 1. The zero-order chi connectivity index (χ0) is 16.6. The molecule has 3 aromatic rings. The van der Waals surface area contributed by atoms with Gasteiger partial charge in [0.25, 0.3) is 0 Å². The zero-order valence-electron chi connectivity index (χ0n) is 12.3. The number of alkyl halides is 3. The standard InChI is InChI=1S/C15H13F3N4O/c1-8-7-12-13(19-8)20-9(2)21-14(12)22-10-3-5-11(6-4-10)23-15(16,17)18/h3-7H,1-2H3,(H2,19,20,21,22). The summed E-state index contributed by atoms with van der Waals surface area (Å²) >= 11 is 0. The van der Waals surface area contributed by atoms with Crippen LogP contribution in [0.2, 0.25) is 0 Å². The van der Waals surface area contributed by atoms with Crippen molar-refractivity contribution < 1.29 is 17.9 Å². The minimum absolute atomic E-state index is 0.274. The van der Waals surface area contributed by atoms with E-state index >= 15 is 0 Å². The number of H-pyrrole nitrogens is 1. The van der Waals surface area contributed by atoms with Crippen LogP contribution in [0.25, 0.3) is 11.0 Å². The maximum absolute atomic E-state index is 12.2. The number of ether oxygens (including phenoxy) is 1. The van der Waals surface area contributed by atoms with E-state index in [2.05, 4.69) is 25.0 Å². The Kier molecular flexibility index (Phi) is 3.59. The second-order valence-corrected chi connectivity index (χ2v) is 5.03. The van der Waals surface area contributed by atoms with Gasteiger partial charge in [0.2, 0.25) is 0 Å². The molecule has 0 aliphatic rings. The Bertz CT molecular complexity index is 840. The Labute approximate surface area is 129 Å². The number of aromatic nitrogens is 3. The van der Waals surface area contributed by atoms with Crippen molar-refractivity contribution in [3.8, 4) is 5.75 Å². The van der Waals surface area contributed by atoms with E-state index in [-0.39, 0.29) is 5.75 Å². The summed E-state index contributed by atoms with van der Waals surface area (Å²) in [4.78, 5) is 11.8. The minimum Gasteiger partial charge on any atom is -0.406 e. The summed E-state index contributed by atoms with van der Waals surface area (Å²) < 4.78 is 40.3. The number of nitrogens with zero attached hydrogens (tertiary/aromatic N) is 2. The molecule has 0 bridgehead atoms. The molecule has 0 saturated heterocycles. The summed E-state index contributed by atoms with van der Waals surface area (Å²) in [5, 5.41) is 3.89. The van der Waals surface area contributed by atoms with Gasteiger partial charge in [0.05, 0.1) is 5.39 Å². The second-order valence-electron chi connectivity index (χ2n) is 5.03. The molecule has 0 atom stereocenters. The monoisotopic (exact) mass is 322 g/mol. The highest BCUT2D eigenvalue weighted by atomic mass is 19.4. The van der Waals surface area contributed by atoms with Gasteiger partial charge >= 0.3 is 6.36 Å². The molecular formula is C15H13F3N4O. The van der Waals surface area contributed by atoms with Crippen LogP contribution in [0, 0.1) is 13.8 Å². The predicted octanol–water partition coefficient (Wildman–Crippen LogP) is 4.22. The maximum Gasteiger partial charge on any atom is 0.573 e. The number of aryl methyl sites for hydroxylation is 2. The molecule has 0 aliphatic heterocycles. The normalized spacial score (nSPS) is 11.7. The highest BCUT2D eigenvalue weighted by Gasteiger charge is 2.30. The van der Waals surface area contributed by atoms with Gasteiger partial charge in [0.15, 0.2) is 0 Å². The van der Waals surface area contributed by atoms with Crippen molar-refractivity contribution in [2.24, 2.45) is 0 Å². The van der Waals surface area contributed by atoms with Crippen molar-refractivity contribution in [2.75, 3.05) is 5.32 Å². The molecular weight excluding hydrogens is 309 g/mol. The second kappa shape index (κ2) is 5.45. The van der Waals surface area contributed by atoms with Crippen molar-refractivity contribution >= 4 is 22.5 Å². The highest BCUT2D eigenvalue weighted by molar-refractivity contribution is 5.89. The van der Waals surface area contributed by atoms with E-state index in [1.165, 1.54) is 24.3 Å². The highest BCUT2D eigenvalue weighted by Crippen LogP contribution is 2.27. The van der Waals surface area contributed by atoms with Crippen molar-refractivity contribution in [1.29, 1.82) is 0 Å². The Balaban J connectivity index is 1.87. The van der Waals surface area contributed by atoms with Crippen LogP contribution >= 0.6 is 0 Å². The van der Waals surface area contributed by atoms with Gasteiger partial charge in [-0.1, -0.05) is 0 Å². The number of fused-ring (bicyclic) bond motifs is 1. The molecule has 0 unspecified atom stereocenters. The molecule has 1 aromatic carbocycles. The van der Waals surface area contributed by atoms with Gasteiger partial charge in [0, 0.05) is 11.4 Å². The Morgan fingerprint density at radius 1 is 1.09 bits per heavy atom. The van der Waals surface area contributed by atoms with E-state index in [1.807, 2.05) is 13.0 Å². The lowest BCUT2D eigenvalue weighted by molar-refractivity contribution is -0.274. The summed E-state index contributed by atoms with van der Waals surface area (Å²) in [6, 6.07) is 7.36. The van der Waals surface area contributed by atoms with Crippen LogP contribution in [0.4, 0.5) is 24.7 Å². The van der Waals surface area contributed by atoms with Crippen LogP contribution < -0.4 is 10.1 Å². The molecule has 0 amide bonds. The van der Waals surface area contributed by atoms with E-state index in [0.29, 0.717) is 23.0 Å². The topological polar surface area (TPSA) is 62.8 Å². The van der Waals surface area contributed by atoms with Crippen LogP contribution in [0.15, 0.2) is 30.3 Å². The van der Waals surface area contributed by atoms with Crippen molar-refractivity contribution in [2.45, 2.75) is 20.2 Å². The van der Waals surface area contributed by atoms with Crippen LogP contribution in [0.3, 0.4) is 0 Å². The maximum atomic E-state index is 12.2. The number of hydrogen-bond donors (Lipinski definition) is 2. The van der Waals surface area contributed by atoms with Gasteiger partial charge in [-0.25, -0.2) is 9.97 Å². The molecule has 2 aromatic heterocycles. The Morgan fingerprint density at radius 2 is 1.78 bits per heavy atom. The van der Waals surface area contributed by atoms with Crippen LogP contribution in [0.5, 0.6) is 5.75 Å². The lowest BCUT2D eigenvalue weighted by Crippen LogP contribution is -2.16. The van der Waals surface area contributed by atoms with E-state index in [9.17, 15) is 13.2 Å². The summed E-state index contributed by atoms with van der Waals surface area (Å²) in [6.07, 6.45) is -4.70. The number of hydrogen-bond acceptors (Lipinski definition) is 4. The van der Waals surface area contributed by atoms with Gasteiger partial charge in [-0.3, -0.25) is 0 Å². The van der Waals surface area contributed by atoms with E-state index in [0.717, 1.165) is 11.1 Å². The fourth-order valence-corrected chi connectivity index (χ4v) is 2.22. The van der Waals surface area contributed by atoms with Gasteiger partial charge in [-0.05, 0) is 44.2 Å². The van der Waals surface area contributed by atoms with E-state index < -0.39 is 6.36 Å². The molecule has 2 N–H and O–H groups in total. The first-order valence-corrected chi connectivity index (χ1v) is 6.77. The number of nitrogens with one attached hydrogen (secondary N) is 2. The van der Waals surface area contributed by atoms with Crippen molar-refractivity contribution in [3.05, 3.63) is 41.9 Å². The van der Waals surface area contributed by atoms with Crippen molar-refractivity contribution in [3.63, 3.8) is 0 Å². The van der Waals surface area contributed by atoms with Gasteiger partial charge < -0.3 is 15.0 Å². The molecule has 0 radical (unpaired) electrons. The minimum atomic E-state index is -4.70. The molecule has 2 heterocycles. The predicted molar refractivity (Wildman–Crippen MR) is 79.8 cm³/mol. The number of rotatable bonds is 3. The summed E-state index contributed by atoms with van der Waals surface area (Å²) in [7, 11) is 0. The van der Waals surface area contributed by atoms with Gasteiger partial charge in [-0.15, -0.1) is 13.2 Å². The summed E-state index contributed by atoms with van der Waals surface area (Å²) in [6.45, 7) is 3.67. The van der Waals surface area contributed by atoms with Crippen LogP contribution in [-0.2, 0) is 0 Å². The molecule has 0 aliphatic carbocycles. The zero-order valence-corrected chi connectivity index (χ0v) is 12.3. The first-order valence-electron chi connectivity index (χ1n) is 6.77. The lowest BCUT2D eigenvalue weighted by atomic mass is 10.3. The molecule has 8 heteroatoms. The van der Waals surface area contributed by atoms with Crippen molar-refractivity contribution in [1.82, 2.24) is 15.0 Å². The molecule has 0 spiro atoms. The van der Waals surface area contributed by atoms with Crippen LogP contribution in [-0.4, -0.2) is 21.3 Å². The third kappa shape index (κ3) is 3.53. The number of anilines is 2. The lowest BCUT2D eigenvalue weighted by Gasteiger charge is -2.10. The van der Waals surface area contributed by atoms with Gasteiger partial charge in [-0.2, -0.15) is 0 Å². The smallest absolute Gasteiger partial charge is 0.406 e. The fraction of sp³-hybridized carbons (Fsp3) is 0.200. The first-order chi connectivity index (χ1) is 10.8. The average Bonchev–Trinajstić information content (AvgIpc) is 2.79. The third-order valence-electron chi connectivity index (χ3n) is 3.08. The van der Waals surface area contributed by atoms with E-state index in [4.69, 9.17) is 0 Å². The SMILES string of the molecule is Cc1nc(Nc2ccc(OC(F)(F)F)cc2)c2cc(C)[nH]c2n1. The first kappa shape index (κ1) is 15.1. The fourth-order valence-electron chi connectivity index (χ4n) is 2.22. The molecule has 0 saturated carbocycles. The number of halogens is 3. The van der Waals surface area contributed by atoms with Crippen LogP contribution in [0.1, 0.15) is 11.5 Å². The Morgan fingerprint density at radius 3 is 2.43 bits per heavy atom. The average molecular weight is 322 g/mol. The van der Waals surface area contributed by atoms with Gasteiger partial charge in [0.1, 0.15) is 23.0 Å². The number of benzene rings is 1. The molecule has 5 nitrogen and oxygen atoms in total. The third-order valence-corrected chi connectivity index (χ3v) is 3.08. The summed E-state index contributed by atoms with van der Waals surface area (Å²) in [5.41, 5.74) is 2.24. The quantitative estimate of drug-likeness (QED) is 0.758. The summed E-state index contributed by atoms with van der Waals surface area (Å²) in [5.74, 6) is 0.893. The molecule has 3 rings (SSSR count).